The molecule has 0 aromatic rings. The van der Waals surface area contributed by atoms with Gasteiger partial charge >= 0.3 is 5.97 Å². The molecule has 4 bridgehead atoms. The summed E-state index contributed by atoms with van der Waals surface area (Å²) in [6, 6.07) is 0. The second kappa shape index (κ2) is 4.24. The number of hydrogen-bond acceptors (Lipinski definition) is 2. The molecule has 1 saturated heterocycles. The number of carbonyl (C=O) groups is 1. The van der Waals surface area contributed by atoms with Gasteiger partial charge in [0.15, 0.2) is 0 Å². The van der Waals surface area contributed by atoms with Gasteiger partial charge in [-0.25, -0.2) is 0 Å². The van der Waals surface area contributed by atoms with Crippen molar-refractivity contribution in [3.05, 3.63) is 0 Å². The molecular formula is C18H26O2. The van der Waals surface area contributed by atoms with Gasteiger partial charge in [0.2, 0.25) is 0 Å². The Balaban J connectivity index is 1.25. The van der Waals surface area contributed by atoms with E-state index < -0.39 is 0 Å². The number of carbonyl (C=O) groups excluding carboxylic acids is 1. The van der Waals surface area contributed by atoms with E-state index in [1.165, 1.54) is 19.3 Å². The molecule has 0 amide bonds. The van der Waals surface area contributed by atoms with Crippen molar-refractivity contribution in [3.63, 3.8) is 0 Å². The van der Waals surface area contributed by atoms with Crippen LogP contribution in [0.1, 0.15) is 51.4 Å². The number of esters is 1. The Hall–Kier alpha value is -0.530. The zero-order chi connectivity index (χ0) is 13.3. The average molecular weight is 274 g/mol. The van der Waals surface area contributed by atoms with Crippen LogP contribution in [0.3, 0.4) is 0 Å². The second-order valence-corrected chi connectivity index (χ2v) is 8.37. The quantitative estimate of drug-likeness (QED) is 0.580. The Morgan fingerprint density at radius 2 is 1.75 bits per heavy atom. The summed E-state index contributed by atoms with van der Waals surface area (Å²) in [7, 11) is 0. The van der Waals surface area contributed by atoms with Crippen molar-refractivity contribution in [3.8, 4) is 0 Å². The van der Waals surface area contributed by atoms with E-state index in [9.17, 15) is 4.79 Å². The highest BCUT2D eigenvalue weighted by Crippen LogP contribution is 2.69. The van der Waals surface area contributed by atoms with Crippen LogP contribution in [0.4, 0.5) is 0 Å². The fourth-order valence-corrected chi connectivity index (χ4v) is 7.25. The molecule has 0 aromatic carbocycles. The molecule has 2 nitrogen and oxygen atoms in total. The molecule has 0 spiro atoms. The minimum Gasteiger partial charge on any atom is -0.465 e. The topological polar surface area (TPSA) is 26.3 Å². The number of ether oxygens (including phenoxy) is 1. The first-order valence-electron chi connectivity index (χ1n) is 8.98. The molecule has 110 valence electrons. The van der Waals surface area contributed by atoms with E-state index in [1.807, 2.05) is 0 Å². The van der Waals surface area contributed by atoms with Crippen molar-refractivity contribution in [2.24, 2.45) is 47.3 Å². The van der Waals surface area contributed by atoms with Crippen LogP contribution in [0.15, 0.2) is 0 Å². The molecule has 8 atom stereocenters. The van der Waals surface area contributed by atoms with E-state index in [0.29, 0.717) is 6.61 Å². The maximum atomic E-state index is 11.6. The molecule has 0 N–H and O–H groups in total. The van der Waals surface area contributed by atoms with Gasteiger partial charge in [-0.2, -0.15) is 0 Å². The van der Waals surface area contributed by atoms with Crippen molar-refractivity contribution in [2.45, 2.75) is 51.4 Å². The smallest absolute Gasteiger partial charge is 0.309 e. The van der Waals surface area contributed by atoms with Gasteiger partial charge in [-0.05, 0) is 92.8 Å². The van der Waals surface area contributed by atoms with E-state index in [-0.39, 0.29) is 11.9 Å². The molecule has 0 radical (unpaired) electrons. The van der Waals surface area contributed by atoms with Gasteiger partial charge in [-0.15, -0.1) is 0 Å². The second-order valence-electron chi connectivity index (χ2n) is 8.37. The summed E-state index contributed by atoms with van der Waals surface area (Å²) in [5, 5.41) is 0. The van der Waals surface area contributed by atoms with Gasteiger partial charge in [-0.3, -0.25) is 4.79 Å². The third kappa shape index (κ3) is 1.54. The van der Waals surface area contributed by atoms with Crippen LogP contribution >= 0.6 is 0 Å². The van der Waals surface area contributed by atoms with Gasteiger partial charge in [-0.1, -0.05) is 0 Å². The van der Waals surface area contributed by atoms with Crippen molar-refractivity contribution in [2.75, 3.05) is 6.61 Å². The lowest BCUT2D eigenvalue weighted by molar-refractivity contribution is -0.141. The SMILES string of the molecule is O=C1OCCC1CCC1CC2CC1C1C3CCC(C3)C21. The molecule has 20 heavy (non-hydrogen) atoms. The van der Waals surface area contributed by atoms with E-state index in [1.54, 1.807) is 19.3 Å². The third-order valence-corrected chi connectivity index (χ3v) is 7.80. The van der Waals surface area contributed by atoms with Crippen molar-refractivity contribution in [1.82, 2.24) is 0 Å². The molecule has 5 rings (SSSR count). The van der Waals surface area contributed by atoms with Crippen LogP contribution in [-0.4, -0.2) is 12.6 Å². The standard InChI is InChI=1S/C18H26O2/c19-18-10(5-6-20-18)1-2-11-7-14-9-15(11)17-13-4-3-12(8-13)16(14)17/h10-17H,1-9H2. The van der Waals surface area contributed by atoms with Crippen LogP contribution in [0, 0.1) is 47.3 Å². The van der Waals surface area contributed by atoms with E-state index in [2.05, 4.69) is 0 Å². The first kappa shape index (κ1) is 12.1. The van der Waals surface area contributed by atoms with Crippen molar-refractivity contribution < 1.29 is 9.53 Å². The van der Waals surface area contributed by atoms with Crippen molar-refractivity contribution in [1.29, 1.82) is 0 Å². The Kier molecular flexibility index (Phi) is 2.56. The maximum Gasteiger partial charge on any atom is 0.309 e. The molecule has 1 aliphatic heterocycles. The lowest BCUT2D eigenvalue weighted by Gasteiger charge is -2.39. The number of cyclic esters (lactones) is 1. The molecule has 0 aromatic heterocycles. The summed E-state index contributed by atoms with van der Waals surface area (Å²) in [6.45, 7) is 0.675. The largest absolute Gasteiger partial charge is 0.465 e. The van der Waals surface area contributed by atoms with Gasteiger partial charge in [0.25, 0.3) is 0 Å². The summed E-state index contributed by atoms with van der Waals surface area (Å²) < 4.78 is 5.11. The summed E-state index contributed by atoms with van der Waals surface area (Å²) in [5.74, 6) is 7.84. The number of fused-ring (bicyclic) bond motifs is 9. The highest BCUT2D eigenvalue weighted by atomic mass is 16.5. The van der Waals surface area contributed by atoms with Crippen LogP contribution in [0.5, 0.6) is 0 Å². The summed E-state index contributed by atoms with van der Waals surface area (Å²) >= 11 is 0. The summed E-state index contributed by atoms with van der Waals surface area (Å²) in [5.41, 5.74) is 0. The zero-order valence-corrected chi connectivity index (χ0v) is 12.3. The first-order valence-corrected chi connectivity index (χ1v) is 8.98. The predicted molar refractivity (Wildman–Crippen MR) is 75.8 cm³/mol. The van der Waals surface area contributed by atoms with Gasteiger partial charge in [0.1, 0.15) is 0 Å². The van der Waals surface area contributed by atoms with Crippen LogP contribution < -0.4 is 0 Å². The van der Waals surface area contributed by atoms with E-state index in [4.69, 9.17) is 4.74 Å². The first-order chi connectivity index (χ1) is 9.81. The van der Waals surface area contributed by atoms with E-state index >= 15 is 0 Å². The monoisotopic (exact) mass is 274 g/mol. The maximum absolute atomic E-state index is 11.6. The summed E-state index contributed by atoms with van der Waals surface area (Å²) in [4.78, 5) is 11.6. The van der Waals surface area contributed by atoms with Gasteiger partial charge in [0.05, 0.1) is 12.5 Å². The lowest BCUT2D eigenvalue weighted by atomic mass is 9.66. The lowest BCUT2D eigenvalue weighted by Crippen LogP contribution is -2.32. The molecule has 4 aliphatic carbocycles. The number of rotatable bonds is 3. The molecule has 4 saturated carbocycles. The minimum absolute atomic E-state index is 0.0888. The highest BCUT2D eigenvalue weighted by molar-refractivity contribution is 5.74. The normalized spacial score (nSPS) is 55.5. The highest BCUT2D eigenvalue weighted by Gasteiger charge is 2.61. The Labute approximate surface area is 121 Å². The average Bonchev–Trinajstić information content (AvgIpc) is 3.22. The molecule has 2 heteroatoms. The van der Waals surface area contributed by atoms with Crippen molar-refractivity contribution >= 4 is 5.97 Å². The third-order valence-electron chi connectivity index (χ3n) is 7.80. The van der Waals surface area contributed by atoms with Gasteiger partial charge < -0.3 is 4.74 Å². The Morgan fingerprint density at radius 3 is 2.55 bits per heavy atom. The van der Waals surface area contributed by atoms with Crippen LogP contribution in [0.25, 0.3) is 0 Å². The molecular weight excluding hydrogens is 248 g/mol. The Bertz CT molecular complexity index is 431. The van der Waals surface area contributed by atoms with Gasteiger partial charge in [0, 0.05) is 0 Å². The molecule has 5 fully saturated rings. The molecule has 1 heterocycles. The fraction of sp³-hybridized carbons (Fsp3) is 0.944. The molecule has 5 aliphatic rings. The van der Waals surface area contributed by atoms with Crippen LogP contribution in [-0.2, 0) is 9.53 Å². The van der Waals surface area contributed by atoms with E-state index in [0.717, 1.165) is 54.3 Å². The van der Waals surface area contributed by atoms with Crippen LogP contribution in [0.2, 0.25) is 0 Å². The number of hydrogen-bond donors (Lipinski definition) is 0. The zero-order valence-electron chi connectivity index (χ0n) is 12.3. The summed E-state index contributed by atoms with van der Waals surface area (Å²) in [6.07, 6.45) is 11.1. The predicted octanol–water partition coefficient (Wildman–Crippen LogP) is 3.65. The minimum atomic E-state index is 0.0888. The Morgan fingerprint density at radius 1 is 0.900 bits per heavy atom. The fourth-order valence-electron chi connectivity index (χ4n) is 7.25. The molecule has 8 unspecified atom stereocenters.